The van der Waals surface area contributed by atoms with Crippen molar-refractivity contribution in [2.75, 3.05) is 12.0 Å². The molecule has 5 nitrogen and oxygen atoms in total. The maximum Gasteiger partial charge on any atom is 0.326 e. The highest BCUT2D eigenvalue weighted by Gasteiger charge is 2.33. The number of nitrogens with one attached hydrogen (secondary N) is 1. The lowest BCUT2D eigenvalue weighted by molar-refractivity contribution is -0.145. The van der Waals surface area contributed by atoms with Crippen LogP contribution in [0.25, 0.3) is 0 Å². The van der Waals surface area contributed by atoms with E-state index in [1.54, 1.807) is 31.7 Å². The van der Waals surface area contributed by atoms with Crippen LogP contribution < -0.4 is 10.1 Å². The van der Waals surface area contributed by atoms with Crippen molar-refractivity contribution < 1.29 is 19.4 Å². The first-order valence-corrected chi connectivity index (χ1v) is 8.44. The second-order valence-electron chi connectivity index (χ2n) is 5.57. The lowest BCUT2D eigenvalue weighted by Gasteiger charge is -2.27. The molecule has 1 aromatic rings. The number of aryl methyl sites for hydroxylation is 1. The highest BCUT2D eigenvalue weighted by molar-refractivity contribution is 7.98. The van der Waals surface area contributed by atoms with Crippen LogP contribution in [0.2, 0.25) is 0 Å². The Bertz CT molecular complexity index is 531. The topological polar surface area (TPSA) is 75.6 Å². The van der Waals surface area contributed by atoms with E-state index in [-0.39, 0.29) is 0 Å². The Balaban J connectivity index is 2.74. The van der Waals surface area contributed by atoms with E-state index >= 15 is 0 Å². The van der Waals surface area contributed by atoms with Crippen molar-refractivity contribution in [1.29, 1.82) is 0 Å². The van der Waals surface area contributed by atoms with Gasteiger partial charge in [-0.1, -0.05) is 12.1 Å². The molecule has 1 aromatic carbocycles. The van der Waals surface area contributed by atoms with Gasteiger partial charge in [-0.2, -0.15) is 11.8 Å². The quantitative estimate of drug-likeness (QED) is 0.768. The van der Waals surface area contributed by atoms with Crippen LogP contribution in [0.5, 0.6) is 5.75 Å². The fourth-order valence-electron chi connectivity index (χ4n) is 1.84. The van der Waals surface area contributed by atoms with Crippen LogP contribution in [0.15, 0.2) is 24.3 Å². The molecule has 1 atom stereocenters. The molecule has 0 fully saturated rings. The molecule has 6 heteroatoms. The Kier molecular flexibility index (Phi) is 6.74. The van der Waals surface area contributed by atoms with Crippen LogP contribution in [0, 0.1) is 6.92 Å². The first-order valence-electron chi connectivity index (χ1n) is 7.04. The highest BCUT2D eigenvalue weighted by atomic mass is 32.2. The van der Waals surface area contributed by atoms with Gasteiger partial charge in [-0.25, -0.2) is 4.79 Å². The average Bonchev–Trinajstić information content (AvgIpc) is 2.42. The Labute approximate surface area is 135 Å². The number of amides is 1. The zero-order chi connectivity index (χ0) is 16.8. The van der Waals surface area contributed by atoms with Crippen LogP contribution in [0.4, 0.5) is 0 Å². The van der Waals surface area contributed by atoms with Crippen LogP contribution in [-0.4, -0.2) is 40.6 Å². The number of carboxylic acid groups (broad SMARTS) is 1. The molecule has 0 saturated carbocycles. The smallest absolute Gasteiger partial charge is 0.326 e. The summed E-state index contributed by atoms with van der Waals surface area (Å²) in [7, 11) is 0. The number of hydrogen-bond acceptors (Lipinski definition) is 4. The lowest BCUT2D eigenvalue weighted by atomic mass is 10.1. The summed E-state index contributed by atoms with van der Waals surface area (Å²) in [6, 6.07) is 6.47. The number of carbonyl (C=O) groups excluding carboxylic acids is 1. The number of thioether (sulfide) groups is 1. The summed E-state index contributed by atoms with van der Waals surface area (Å²) in [5.74, 6) is -0.233. The van der Waals surface area contributed by atoms with Crippen molar-refractivity contribution in [2.24, 2.45) is 0 Å². The van der Waals surface area contributed by atoms with E-state index in [1.165, 1.54) is 0 Å². The first-order chi connectivity index (χ1) is 10.3. The van der Waals surface area contributed by atoms with Crippen molar-refractivity contribution in [2.45, 2.75) is 38.8 Å². The van der Waals surface area contributed by atoms with Crippen molar-refractivity contribution in [3.63, 3.8) is 0 Å². The lowest BCUT2D eigenvalue weighted by Crippen LogP contribution is -2.52. The first kappa shape index (κ1) is 18.4. The van der Waals surface area contributed by atoms with Gasteiger partial charge in [-0.15, -0.1) is 0 Å². The van der Waals surface area contributed by atoms with E-state index in [0.29, 0.717) is 17.9 Å². The predicted octanol–water partition coefficient (Wildman–Crippen LogP) is 2.47. The monoisotopic (exact) mass is 325 g/mol. The molecule has 122 valence electrons. The molecule has 0 aliphatic rings. The van der Waals surface area contributed by atoms with Crippen LogP contribution in [-0.2, 0) is 9.59 Å². The minimum absolute atomic E-state index is 0.378. The van der Waals surface area contributed by atoms with E-state index in [1.807, 2.05) is 31.4 Å². The number of carbonyl (C=O) groups is 2. The van der Waals surface area contributed by atoms with Gasteiger partial charge in [0.1, 0.15) is 11.8 Å². The summed E-state index contributed by atoms with van der Waals surface area (Å²) in [4.78, 5) is 23.5. The van der Waals surface area contributed by atoms with Crippen molar-refractivity contribution in [1.82, 2.24) is 5.32 Å². The van der Waals surface area contributed by atoms with Crippen LogP contribution >= 0.6 is 11.8 Å². The summed E-state index contributed by atoms with van der Waals surface area (Å²) < 4.78 is 5.72. The Morgan fingerprint density at radius 3 is 2.64 bits per heavy atom. The molecule has 0 saturated heterocycles. The zero-order valence-electron chi connectivity index (χ0n) is 13.4. The van der Waals surface area contributed by atoms with E-state index in [4.69, 9.17) is 4.74 Å². The molecule has 0 aromatic heterocycles. The molecule has 1 rings (SSSR count). The molecule has 0 aliphatic carbocycles. The zero-order valence-corrected chi connectivity index (χ0v) is 14.2. The van der Waals surface area contributed by atoms with Gasteiger partial charge < -0.3 is 15.2 Å². The third-order valence-corrected chi connectivity index (χ3v) is 3.77. The third kappa shape index (κ3) is 5.60. The van der Waals surface area contributed by atoms with Crippen molar-refractivity contribution >= 4 is 23.6 Å². The molecular formula is C16H23NO4S. The largest absolute Gasteiger partial charge is 0.480 e. The third-order valence-electron chi connectivity index (χ3n) is 3.12. The van der Waals surface area contributed by atoms with E-state index in [2.05, 4.69) is 5.32 Å². The van der Waals surface area contributed by atoms with E-state index < -0.39 is 23.5 Å². The minimum atomic E-state index is -1.15. The molecule has 0 radical (unpaired) electrons. The van der Waals surface area contributed by atoms with E-state index in [0.717, 1.165) is 5.56 Å². The summed E-state index contributed by atoms with van der Waals surface area (Å²) in [5, 5.41) is 11.7. The van der Waals surface area contributed by atoms with Gasteiger partial charge in [0, 0.05) is 0 Å². The maximum atomic E-state index is 12.3. The minimum Gasteiger partial charge on any atom is -0.480 e. The number of aliphatic carboxylic acids is 1. The number of ether oxygens (including phenoxy) is 1. The number of carboxylic acids is 1. The average molecular weight is 325 g/mol. The van der Waals surface area contributed by atoms with Crippen molar-refractivity contribution in [3.05, 3.63) is 29.8 Å². The number of rotatable bonds is 8. The van der Waals surface area contributed by atoms with Gasteiger partial charge in [0.2, 0.25) is 0 Å². The predicted molar refractivity (Wildman–Crippen MR) is 88.5 cm³/mol. The van der Waals surface area contributed by atoms with Gasteiger partial charge in [-0.05, 0) is 56.9 Å². The molecule has 0 heterocycles. The fraction of sp³-hybridized carbons (Fsp3) is 0.500. The van der Waals surface area contributed by atoms with Crippen LogP contribution in [0.3, 0.4) is 0 Å². The van der Waals surface area contributed by atoms with E-state index in [9.17, 15) is 14.7 Å². The summed E-state index contributed by atoms with van der Waals surface area (Å²) >= 11 is 1.54. The molecule has 0 aliphatic heterocycles. The fourth-order valence-corrected chi connectivity index (χ4v) is 2.32. The van der Waals surface area contributed by atoms with Gasteiger partial charge in [0.15, 0.2) is 5.60 Å². The number of benzene rings is 1. The van der Waals surface area contributed by atoms with Gasteiger partial charge in [0.05, 0.1) is 0 Å². The Morgan fingerprint density at radius 2 is 2.09 bits per heavy atom. The van der Waals surface area contributed by atoms with Crippen LogP contribution in [0.1, 0.15) is 25.8 Å². The molecule has 0 bridgehead atoms. The summed E-state index contributed by atoms with van der Waals surface area (Å²) in [6.07, 6.45) is 2.27. The Morgan fingerprint density at radius 1 is 1.41 bits per heavy atom. The van der Waals surface area contributed by atoms with Crippen molar-refractivity contribution in [3.8, 4) is 5.75 Å². The maximum absolute atomic E-state index is 12.3. The molecule has 22 heavy (non-hydrogen) atoms. The molecule has 0 spiro atoms. The normalized spacial score (nSPS) is 12.5. The Hall–Kier alpha value is -1.69. The standard InChI is InChI=1S/C16H23NO4S/c1-11-6-5-7-12(10-11)21-16(2,3)15(20)17-13(14(18)19)8-9-22-4/h5-7,10,13H,8-9H2,1-4H3,(H,17,20)(H,18,19). The van der Waals surface area contributed by atoms with Gasteiger partial charge in [-0.3, -0.25) is 4.79 Å². The summed E-state index contributed by atoms with van der Waals surface area (Å²) in [5.41, 5.74) is -0.127. The summed E-state index contributed by atoms with van der Waals surface area (Å²) in [6.45, 7) is 5.18. The number of hydrogen-bond donors (Lipinski definition) is 2. The SMILES string of the molecule is CSCCC(NC(=O)C(C)(C)Oc1cccc(C)c1)C(=O)O. The second kappa shape index (κ2) is 8.08. The molecular weight excluding hydrogens is 302 g/mol. The molecule has 1 unspecified atom stereocenters. The molecule has 2 N–H and O–H groups in total. The second-order valence-corrected chi connectivity index (χ2v) is 6.56. The highest BCUT2D eigenvalue weighted by Crippen LogP contribution is 2.20. The van der Waals surface area contributed by atoms with Gasteiger partial charge >= 0.3 is 5.97 Å². The van der Waals surface area contributed by atoms with Gasteiger partial charge in [0.25, 0.3) is 5.91 Å². The molecule has 1 amide bonds.